The largest absolute Gasteiger partial charge is 0.467 e. The molecule has 0 aliphatic carbocycles. The van der Waals surface area contributed by atoms with Crippen molar-refractivity contribution in [2.75, 3.05) is 33.4 Å². The molecule has 2 N–H and O–H groups in total. The fourth-order valence-electron chi connectivity index (χ4n) is 2.68. The molecular formula is C16H24N2O3. The number of hydrogen-bond acceptors (Lipinski definition) is 5. The molecule has 1 saturated heterocycles. The summed E-state index contributed by atoms with van der Waals surface area (Å²) in [5.74, 6) is -0.420. The van der Waals surface area contributed by atoms with Crippen molar-refractivity contribution in [3.8, 4) is 0 Å². The van der Waals surface area contributed by atoms with Crippen molar-refractivity contribution in [3.63, 3.8) is 0 Å². The lowest BCUT2D eigenvalue weighted by molar-refractivity contribution is -0.150. The molecule has 0 spiro atoms. The molecule has 0 bridgehead atoms. The van der Waals surface area contributed by atoms with Gasteiger partial charge in [0.05, 0.1) is 20.3 Å². The Labute approximate surface area is 126 Å². The highest BCUT2D eigenvalue weighted by Crippen LogP contribution is 2.27. The molecule has 1 aliphatic rings. The number of morpholine rings is 1. The van der Waals surface area contributed by atoms with E-state index >= 15 is 0 Å². The molecule has 5 nitrogen and oxygen atoms in total. The van der Waals surface area contributed by atoms with Crippen LogP contribution in [0.25, 0.3) is 0 Å². The zero-order valence-electron chi connectivity index (χ0n) is 13.0. The first-order valence-electron chi connectivity index (χ1n) is 7.16. The van der Waals surface area contributed by atoms with Crippen LogP contribution in [0.2, 0.25) is 0 Å². The number of benzene rings is 1. The van der Waals surface area contributed by atoms with E-state index in [2.05, 4.69) is 18.7 Å². The van der Waals surface area contributed by atoms with E-state index in [4.69, 9.17) is 15.2 Å². The Bertz CT molecular complexity index is 490. The van der Waals surface area contributed by atoms with Gasteiger partial charge in [-0.25, -0.2) is 4.79 Å². The Balaban J connectivity index is 2.31. The maximum Gasteiger partial charge on any atom is 0.331 e. The first kappa shape index (κ1) is 15.9. The summed E-state index contributed by atoms with van der Waals surface area (Å²) in [5.41, 5.74) is 5.89. The fraction of sp³-hybridized carbons (Fsp3) is 0.562. The third kappa shape index (κ3) is 3.26. The van der Waals surface area contributed by atoms with Crippen molar-refractivity contribution < 1.29 is 14.3 Å². The highest BCUT2D eigenvalue weighted by atomic mass is 16.5. The SMILES string of the molecule is COC(=O)C(N)(CN1CCOCC1(C)C)c1ccccc1. The van der Waals surface area contributed by atoms with E-state index < -0.39 is 11.5 Å². The first-order valence-corrected chi connectivity index (χ1v) is 7.16. The Morgan fingerprint density at radius 2 is 2.10 bits per heavy atom. The summed E-state index contributed by atoms with van der Waals surface area (Å²) in [5, 5.41) is 0. The van der Waals surface area contributed by atoms with Gasteiger partial charge in [-0.2, -0.15) is 0 Å². The van der Waals surface area contributed by atoms with Gasteiger partial charge < -0.3 is 15.2 Å². The quantitative estimate of drug-likeness (QED) is 0.843. The molecule has 2 rings (SSSR count). The van der Waals surface area contributed by atoms with Gasteiger partial charge in [-0.3, -0.25) is 4.90 Å². The lowest BCUT2D eigenvalue weighted by Gasteiger charge is -2.45. The van der Waals surface area contributed by atoms with Gasteiger partial charge in [0, 0.05) is 18.6 Å². The molecule has 1 aliphatic heterocycles. The number of hydrogen-bond donors (Lipinski definition) is 1. The second-order valence-electron chi connectivity index (χ2n) is 6.12. The summed E-state index contributed by atoms with van der Waals surface area (Å²) < 4.78 is 10.5. The van der Waals surface area contributed by atoms with Crippen molar-refractivity contribution in [1.82, 2.24) is 4.90 Å². The van der Waals surface area contributed by atoms with Crippen LogP contribution in [0.15, 0.2) is 30.3 Å². The number of nitrogens with zero attached hydrogens (tertiary/aromatic N) is 1. The predicted octanol–water partition coefficient (Wildman–Crippen LogP) is 1.12. The number of nitrogens with two attached hydrogens (primary N) is 1. The lowest BCUT2D eigenvalue weighted by Crippen LogP contribution is -2.61. The summed E-state index contributed by atoms with van der Waals surface area (Å²) in [4.78, 5) is 14.5. The van der Waals surface area contributed by atoms with E-state index in [1.165, 1.54) is 7.11 Å². The molecule has 1 heterocycles. The molecule has 0 aromatic heterocycles. The Morgan fingerprint density at radius 1 is 1.43 bits per heavy atom. The van der Waals surface area contributed by atoms with Gasteiger partial charge in [0.1, 0.15) is 0 Å². The monoisotopic (exact) mass is 292 g/mol. The molecular weight excluding hydrogens is 268 g/mol. The van der Waals surface area contributed by atoms with E-state index in [0.29, 0.717) is 19.8 Å². The van der Waals surface area contributed by atoms with Gasteiger partial charge in [0.25, 0.3) is 0 Å². The van der Waals surface area contributed by atoms with Gasteiger partial charge in [-0.05, 0) is 19.4 Å². The molecule has 0 amide bonds. The maximum atomic E-state index is 12.3. The van der Waals surface area contributed by atoms with E-state index in [1.807, 2.05) is 30.3 Å². The van der Waals surface area contributed by atoms with E-state index in [-0.39, 0.29) is 5.54 Å². The summed E-state index contributed by atoms with van der Waals surface area (Å²) in [6.07, 6.45) is 0. The average Bonchev–Trinajstić information content (AvgIpc) is 2.49. The number of esters is 1. The van der Waals surface area contributed by atoms with Gasteiger partial charge in [0.15, 0.2) is 5.54 Å². The first-order chi connectivity index (χ1) is 9.90. The predicted molar refractivity (Wildman–Crippen MR) is 80.8 cm³/mol. The number of rotatable bonds is 4. The molecule has 1 atom stereocenters. The molecule has 116 valence electrons. The summed E-state index contributed by atoms with van der Waals surface area (Å²) in [6, 6.07) is 9.39. The standard InChI is InChI=1S/C16H24N2O3/c1-15(2)12-21-10-9-18(15)11-16(17,14(19)20-3)13-7-5-4-6-8-13/h4-8H,9-12,17H2,1-3H3. The summed E-state index contributed by atoms with van der Waals surface area (Å²) in [6.45, 7) is 6.61. The van der Waals surface area contributed by atoms with Crippen molar-refractivity contribution in [3.05, 3.63) is 35.9 Å². The van der Waals surface area contributed by atoms with Crippen molar-refractivity contribution in [2.24, 2.45) is 5.73 Å². The third-order valence-corrected chi connectivity index (χ3v) is 4.10. The van der Waals surface area contributed by atoms with Crippen molar-refractivity contribution in [2.45, 2.75) is 24.9 Å². The molecule has 1 aromatic rings. The van der Waals surface area contributed by atoms with Crippen LogP contribution in [0.1, 0.15) is 19.4 Å². The molecule has 1 aromatic carbocycles. The summed E-state index contributed by atoms with van der Waals surface area (Å²) >= 11 is 0. The van der Waals surface area contributed by atoms with Crippen LogP contribution in [0.4, 0.5) is 0 Å². The highest BCUT2D eigenvalue weighted by Gasteiger charge is 2.43. The fourth-order valence-corrected chi connectivity index (χ4v) is 2.68. The van der Waals surface area contributed by atoms with Crippen LogP contribution in [-0.2, 0) is 19.8 Å². The third-order valence-electron chi connectivity index (χ3n) is 4.10. The number of methoxy groups -OCH3 is 1. The molecule has 1 unspecified atom stereocenters. The van der Waals surface area contributed by atoms with Gasteiger partial charge in [-0.1, -0.05) is 30.3 Å². The minimum atomic E-state index is -1.18. The average molecular weight is 292 g/mol. The second kappa shape index (κ2) is 6.13. The molecule has 0 saturated carbocycles. The Kier molecular flexibility index (Phi) is 4.66. The topological polar surface area (TPSA) is 64.8 Å². The van der Waals surface area contributed by atoms with E-state index in [9.17, 15) is 4.79 Å². The molecule has 1 fully saturated rings. The smallest absolute Gasteiger partial charge is 0.331 e. The highest BCUT2D eigenvalue weighted by molar-refractivity contribution is 5.82. The van der Waals surface area contributed by atoms with Crippen LogP contribution >= 0.6 is 0 Å². The Morgan fingerprint density at radius 3 is 2.67 bits per heavy atom. The zero-order valence-corrected chi connectivity index (χ0v) is 13.0. The molecule has 21 heavy (non-hydrogen) atoms. The second-order valence-corrected chi connectivity index (χ2v) is 6.12. The van der Waals surface area contributed by atoms with Crippen molar-refractivity contribution in [1.29, 1.82) is 0 Å². The van der Waals surface area contributed by atoms with Crippen LogP contribution in [-0.4, -0.2) is 49.8 Å². The maximum absolute atomic E-state index is 12.3. The van der Waals surface area contributed by atoms with Crippen molar-refractivity contribution >= 4 is 5.97 Å². The molecule has 5 heteroatoms. The van der Waals surface area contributed by atoms with Crippen LogP contribution in [0.3, 0.4) is 0 Å². The van der Waals surface area contributed by atoms with E-state index in [0.717, 1.165) is 12.1 Å². The zero-order chi connectivity index (χ0) is 15.5. The number of carbonyl (C=O) groups is 1. The normalized spacial score (nSPS) is 21.5. The minimum absolute atomic E-state index is 0.161. The van der Waals surface area contributed by atoms with Crippen LogP contribution in [0, 0.1) is 0 Å². The molecule has 0 radical (unpaired) electrons. The van der Waals surface area contributed by atoms with Gasteiger partial charge >= 0.3 is 5.97 Å². The number of carbonyl (C=O) groups excluding carboxylic acids is 1. The lowest BCUT2D eigenvalue weighted by atomic mass is 9.88. The van der Waals surface area contributed by atoms with Gasteiger partial charge in [0.2, 0.25) is 0 Å². The van der Waals surface area contributed by atoms with Gasteiger partial charge in [-0.15, -0.1) is 0 Å². The van der Waals surface area contributed by atoms with Crippen LogP contribution < -0.4 is 5.73 Å². The van der Waals surface area contributed by atoms with Crippen LogP contribution in [0.5, 0.6) is 0 Å². The Hall–Kier alpha value is -1.43. The summed E-state index contributed by atoms with van der Waals surface area (Å²) in [7, 11) is 1.37. The van der Waals surface area contributed by atoms with E-state index in [1.54, 1.807) is 0 Å². The minimum Gasteiger partial charge on any atom is -0.467 e. The number of ether oxygens (including phenoxy) is 2.